The summed E-state index contributed by atoms with van der Waals surface area (Å²) in [6.45, 7) is 3.42. The highest BCUT2D eigenvalue weighted by Gasteiger charge is 2.37. The van der Waals surface area contributed by atoms with E-state index in [4.69, 9.17) is 16.3 Å². The first-order valence-corrected chi connectivity index (χ1v) is 12.7. The van der Waals surface area contributed by atoms with Crippen LogP contribution in [0, 0.1) is 0 Å². The van der Waals surface area contributed by atoms with Gasteiger partial charge in [0.25, 0.3) is 0 Å². The number of para-hydroxylation sites is 1. The van der Waals surface area contributed by atoms with E-state index in [2.05, 4.69) is 10.2 Å². The van der Waals surface area contributed by atoms with E-state index in [1.165, 1.54) is 16.4 Å². The zero-order valence-electron chi connectivity index (χ0n) is 17.9. The lowest BCUT2D eigenvalue weighted by molar-refractivity contribution is -0.124. The highest BCUT2D eigenvalue weighted by Crippen LogP contribution is 2.29. The van der Waals surface area contributed by atoms with Crippen molar-refractivity contribution in [3.8, 4) is 0 Å². The summed E-state index contributed by atoms with van der Waals surface area (Å²) in [7, 11) is -3.94. The Kier molecular flexibility index (Phi) is 7.35. The fourth-order valence-electron chi connectivity index (χ4n) is 4.23. The normalized spacial score (nSPS) is 20.1. The van der Waals surface area contributed by atoms with Crippen LogP contribution in [0.15, 0.2) is 53.4 Å². The Morgan fingerprint density at radius 1 is 1.06 bits per heavy atom. The smallest absolute Gasteiger partial charge is 0.244 e. The molecule has 0 radical (unpaired) electrons. The van der Waals surface area contributed by atoms with Gasteiger partial charge in [0.1, 0.15) is 6.04 Å². The number of rotatable bonds is 6. The van der Waals surface area contributed by atoms with Crippen LogP contribution >= 0.6 is 11.6 Å². The number of sulfonamides is 1. The standard InChI is InChI=1S/C23H28ClN3O4S/c24-19-8-10-20(11-9-19)32(29,30)27(22-7-3-4-12-25-23(22)28)17-18-5-1-2-6-21(18)26-13-15-31-16-14-26/h1-2,5-6,8-11,22H,3-4,7,12-17H2,(H,25,28). The second-order valence-corrected chi connectivity index (χ2v) is 10.4. The molecule has 2 heterocycles. The second-order valence-electron chi connectivity index (χ2n) is 8.03. The molecule has 2 aliphatic rings. The van der Waals surface area contributed by atoms with Crippen LogP contribution in [0.3, 0.4) is 0 Å². The number of benzene rings is 2. The summed E-state index contributed by atoms with van der Waals surface area (Å²) >= 11 is 5.98. The van der Waals surface area contributed by atoms with Gasteiger partial charge in [-0.15, -0.1) is 0 Å². The van der Waals surface area contributed by atoms with Crippen LogP contribution < -0.4 is 10.2 Å². The Hall–Kier alpha value is -2.13. The number of morpholine rings is 1. The predicted molar refractivity (Wildman–Crippen MR) is 124 cm³/mol. The zero-order valence-corrected chi connectivity index (χ0v) is 19.4. The van der Waals surface area contributed by atoms with Crippen molar-refractivity contribution in [1.29, 1.82) is 0 Å². The predicted octanol–water partition coefficient (Wildman–Crippen LogP) is 3.04. The van der Waals surface area contributed by atoms with Crippen molar-refractivity contribution in [1.82, 2.24) is 9.62 Å². The van der Waals surface area contributed by atoms with Crippen LogP contribution in [0.2, 0.25) is 5.02 Å². The number of nitrogens with zero attached hydrogens (tertiary/aromatic N) is 2. The first kappa shape index (κ1) is 23.0. The molecule has 7 nitrogen and oxygen atoms in total. The minimum Gasteiger partial charge on any atom is -0.378 e. The third kappa shape index (κ3) is 5.09. The van der Waals surface area contributed by atoms with Crippen LogP contribution in [0.1, 0.15) is 24.8 Å². The van der Waals surface area contributed by atoms with E-state index >= 15 is 0 Å². The number of hydrogen-bond donors (Lipinski definition) is 1. The van der Waals surface area contributed by atoms with Gasteiger partial charge in [0, 0.05) is 36.9 Å². The Bertz CT molecular complexity index is 1040. The maximum atomic E-state index is 13.8. The van der Waals surface area contributed by atoms with E-state index in [9.17, 15) is 13.2 Å². The number of halogens is 1. The van der Waals surface area contributed by atoms with Gasteiger partial charge in [0.05, 0.1) is 18.1 Å². The molecule has 32 heavy (non-hydrogen) atoms. The molecule has 2 aliphatic heterocycles. The molecule has 2 fully saturated rings. The number of carbonyl (C=O) groups excluding carboxylic acids is 1. The highest BCUT2D eigenvalue weighted by atomic mass is 35.5. The molecule has 0 bridgehead atoms. The molecule has 0 saturated carbocycles. The lowest BCUT2D eigenvalue weighted by atomic mass is 10.1. The Labute approximate surface area is 194 Å². The van der Waals surface area contributed by atoms with Crippen molar-refractivity contribution in [2.24, 2.45) is 0 Å². The molecule has 2 aromatic carbocycles. The minimum absolute atomic E-state index is 0.108. The van der Waals surface area contributed by atoms with E-state index in [0.717, 1.165) is 37.2 Å². The third-order valence-corrected chi connectivity index (χ3v) is 8.06. The van der Waals surface area contributed by atoms with Gasteiger partial charge in [-0.25, -0.2) is 8.42 Å². The molecule has 2 aromatic rings. The van der Waals surface area contributed by atoms with Crippen molar-refractivity contribution in [3.63, 3.8) is 0 Å². The Morgan fingerprint density at radius 2 is 1.78 bits per heavy atom. The van der Waals surface area contributed by atoms with Crippen LogP contribution in [0.25, 0.3) is 0 Å². The molecule has 0 spiro atoms. The van der Waals surface area contributed by atoms with E-state index in [1.54, 1.807) is 12.1 Å². The van der Waals surface area contributed by atoms with Gasteiger partial charge in [-0.1, -0.05) is 29.8 Å². The fraction of sp³-hybridized carbons (Fsp3) is 0.435. The van der Waals surface area contributed by atoms with Gasteiger partial charge in [0.15, 0.2) is 0 Å². The molecule has 0 aromatic heterocycles. The second kappa shape index (κ2) is 10.2. The lowest BCUT2D eigenvalue weighted by Crippen LogP contribution is -2.48. The summed E-state index contributed by atoms with van der Waals surface area (Å²) in [5.41, 5.74) is 1.84. The minimum atomic E-state index is -3.94. The molecule has 1 N–H and O–H groups in total. The Morgan fingerprint density at radius 3 is 2.53 bits per heavy atom. The average Bonchev–Trinajstić information content (AvgIpc) is 3.02. The molecule has 1 atom stereocenters. The number of amides is 1. The van der Waals surface area contributed by atoms with Gasteiger partial charge in [-0.05, 0) is 55.2 Å². The summed E-state index contributed by atoms with van der Waals surface area (Å²) < 4.78 is 34.4. The summed E-state index contributed by atoms with van der Waals surface area (Å²) in [6.07, 6.45) is 2.10. The molecule has 1 unspecified atom stereocenters. The van der Waals surface area contributed by atoms with E-state index in [1.807, 2.05) is 24.3 Å². The van der Waals surface area contributed by atoms with Gasteiger partial charge in [0.2, 0.25) is 15.9 Å². The first-order valence-electron chi connectivity index (χ1n) is 10.9. The molecule has 172 valence electrons. The summed E-state index contributed by atoms with van der Waals surface area (Å²) in [5, 5.41) is 3.34. The van der Waals surface area contributed by atoms with Gasteiger partial charge < -0.3 is 15.0 Å². The van der Waals surface area contributed by atoms with Gasteiger partial charge >= 0.3 is 0 Å². The molecule has 1 amide bonds. The van der Waals surface area contributed by atoms with Gasteiger partial charge in [-0.2, -0.15) is 4.31 Å². The largest absolute Gasteiger partial charge is 0.378 e. The number of nitrogens with one attached hydrogen (secondary N) is 1. The van der Waals surface area contributed by atoms with Crippen LogP contribution in [0.5, 0.6) is 0 Å². The molecule has 4 rings (SSSR count). The van der Waals surface area contributed by atoms with Crippen molar-refractivity contribution in [2.75, 3.05) is 37.7 Å². The number of hydrogen-bond acceptors (Lipinski definition) is 5. The van der Waals surface area contributed by atoms with Crippen LogP contribution in [-0.2, 0) is 26.1 Å². The maximum Gasteiger partial charge on any atom is 0.244 e. The lowest BCUT2D eigenvalue weighted by Gasteiger charge is -2.33. The third-order valence-electron chi connectivity index (χ3n) is 5.94. The van der Waals surface area contributed by atoms with Gasteiger partial charge in [-0.3, -0.25) is 4.79 Å². The molecular formula is C23H28ClN3O4S. The SMILES string of the molecule is O=C1NCCCCC1N(Cc1ccccc1N1CCOCC1)S(=O)(=O)c1ccc(Cl)cc1. The molecular weight excluding hydrogens is 450 g/mol. The zero-order chi connectivity index (χ0) is 22.6. The summed E-state index contributed by atoms with van der Waals surface area (Å²) in [6, 6.07) is 13.1. The van der Waals surface area contributed by atoms with Crippen molar-refractivity contribution in [3.05, 3.63) is 59.1 Å². The number of carbonyl (C=O) groups is 1. The van der Waals surface area contributed by atoms with E-state index in [-0.39, 0.29) is 17.3 Å². The van der Waals surface area contributed by atoms with Crippen LogP contribution in [-0.4, -0.2) is 57.5 Å². The fourth-order valence-corrected chi connectivity index (χ4v) is 5.95. The first-order chi connectivity index (χ1) is 15.5. The van der Waals surface area contributed by atoms with E-state index < -0.39 is 16.1 Å². The monoisotopic (exact) mass is 477 g/mol. The van der Waals surface area contributed by atoms with Crippen molar-refractivity contribution in [2.45, 2.75) is 36.7 Å². The topological polar surface area (TPSA) is 79.0 Å². The van der Waals surface area contributed by atoms with Crippen molar-refractivity contribution >= 4 is 33.2 Å². The summed E-state index contributed by atoms with van der Waals surface area (Å²) in [4.78, 5) is 15.2. The van der Waals surface area contributed by atoms with E-state index in [0.29, 0.717) is 31.2 Å². The number of anilines is 1. The quantitative estimate of drug-likeness (QED) is 0.691. The molecule has 0 aliphatic carbocycles. The van der Waals surface area contributed by atoms with Crippen LogP contribution in [0.4, 0.5) is 5.69 Å². The maximum absolute atomic E-state index is 13.8. The van der Waals surface area contributed by atoms with Crippen molar-refractivity contribution < 1.29 is 17.9 Å². The number of ether oxygens (including phenoxy) is 1. The molecule has 2 saturated heterocycles. The summed E-state index contributed by atoms with van der Waals surface area (Å²) in [5.74, 6) is -0.246. The Balaban J connectivity index is 1.73. The average molecular weight is 478 g/mol. The molecule has 9 heteroatoms. The highest BCUT2D eigenvalue weighted by molar-refractivity contribution is 7.89.